The van der Waals surface area contributed by atoms with Gasteiger partial charge in [0.25, 0.3) is 0 Å². The van der Waals surface area contributed by atoms with Crippen molar-refractivity contribution in [2.75, 3.05) is 11.9 Å². The minimum atomic E-state index is -0.228. The average Bonchev–Trinajstić information content (AvgIpc) is 2.62. The Balaban J connectivity index is 2.17. The van der Waals surface area contributed by atoms with Gasteiger partial charge in [0.1, 0.15) is 0 Å². The molecule has 0 aromatic heterocycles. The fourth-order valence-corrected chi connectivity index (χ4v) is 1.91. The maximum absolute atomic E-state index is 10.7. The van der Waals surface area contributed by atoms with E-state index in [1.54, 1.807) is 0 Å². The van der Waals surface area contributed by atoms with E-state index in [2.05, 4.69) is 17.4 Å². The van der Waals surface area contributed by atoms with Gasteiger partial charge >= 0.3 is 0 Å². The normalized spacial score (nSPS) is 13.4. The van der Waals surface area contributed by atoms with Gasteiger partial charge in [0.15, 0.2) is 0 Å². The second kappa shape index (κ2) is 3.70. The highest BCUT2D eigenvalue weighted by Gasteiger charge is 2.13. The number of aryl methyl sites for hydroxylation is 1. The summed E-state index contributed by atoms with van der Waals surface area (Å²) in [6.07, 6.45) is 2.26. The first-order chi connectivity index (χ1) is 6.77. The zero-order valence-corrected chi connectivity index (χ0v) is 8.05. The molecule has 14 heavy (non-hydrogen) atoms. The molecule has 3 heteroatoms. The Bertz CT molecular complexity index is 360. The predicted molar refractivity (Wildman–Crippen MR) is 56.2 cm³/mol. The van der Waals surface area contributed by atoms with Gasteiger partial charge in [-0.05, 0) is 30.0 Å². The summed E-state index contributed by atoms with van der Waals surface area (Å²) in [5, 5.41) is 3.31. The van der Waals surface area contributed by atoms with Crippen LogP contribution in [0.15, 0.2) is 18.2 Å². The first-order valence-corrected chi connectivity index (χ1v) is 4.90. The molecule has 0 fully saturated rings. The number of nitrogens with one attached hydrogen (secondary N) is 1. The molecule has 2 rings (SSSR count). The molecule has 0 radical (unpaired) electrons. The van der Waals surface area contributed by atoms with Gasteiger partial charge in [0, 0.05) is 18.7 Å². The summed E-state index contributed by atoms with van der Waals surface area (Å²) >= 11 is 0. The first-order valence-electron chi connectivity index (χ1n) is 4.90. The fourth-order valence-electron chi connectivity index (χ4n) is 1.91. The van der Waals surface area contributed by atoms with Gasteiger partial charge < -0.3 is 11.1 Å². The van der Waals surface area contributed by atoms with E-state index in [0.29, 0.717) is 6.42 Å². The second-order valence-electron chi connectivity index (χ2n) is 3.59. The number of hydrogen-bond donors (Lipinski definition) is 2. The fraction of sp³-hybridized carbons (Fsp3) is 0.364. The standard InChI is InChI=1S/C11H14N2O/c12-11(14)5-4-8-2-1-3-10-9(8)6-7-13-10/h1-3,13H,4-7H2,(H2,12,14). The summed E-state index contributed by atoms with van der Waals surface area (Å²) in [7, 11) is 0. The lowest BCUT2D eigenvalue weighted by Gasteiger charge is -2.06. The van der Waals surface area contributed by atoms with Crippen molar-refractivity contribution in [3.8, 4) is 0 Å². The molecule has 0 bridgehead atoms. The van der Waals surface area contributed by atoms with Crippen LogP contribution in [0.2, 0.25) is 0 Å². The SMILES string of the molecule is NC(=O)CCc1cccc2c1CCN2. The number of anilines is 1. The molecule has 0 saturated heterocycles. The van der Waals surface area contributed by atoms with Crippen molar-refractivity contribution in [1.82, 2.24) is 0 Å². The lowest BCUT2D eigenvalue weighted by atomic mass is 10.0. The molecule has 0 unspecified atom stereocenters. The monoisotopic (exact) mass is 190 g/mol. The molecule has 74 valence electrons. The summed E-state index contributed by atoms with van der Waals surface area (Å²) in [6.45, 7) is 1.00. The third-order valence-electron chi connectivity index (χ3n) is 2.60. The van der Waals surface area contributed by atoms with Crippen LogP contribution in [0.1, 0.15) is 17.5 Å². The third-order valence-corrected chi connectivity index (χ3v) is 2.60. The van der Waals surface area contributed by atoms with E-state index in [-0.39, 0.29) is 5.91 Å². The zero-order valence-electron chi connectivity index (χ0n) is 8.05. The smallest absolute Gasteiger partial charge is 0.217 e. The van der Waals surface area contributed by atoms with Gasteiger partial charge in [-0.3, -0.25) is 4.79 Å². The largest absolute Gasteiger partial charge is 0.384 e. The molecule has 1 aromatic rings. The van der Waals surface area contributed by atoms with E-state index < -0.39 is 0 Å². The molecule has 1 amide bonds. The Hall–Kier alpha value is -1.51. The number of hydrogen-bond acceptors (Lipinski definition) is 2. The van der Waals surface area contributed by atoms with Gasteiger partial charge in [-0.15, -0.1) is 0 Å². The van der Waals surface area contributed by atoms with Crippen molar-refractivity contribution >= 4 is 11.6 Å². The summed E-state index contributed by atoms with van der Waals surface area (Å²) in [5.41, 5.74) is 8.96. The summed E-state index contributed by atoms with van der Waals surface area (Å²) in [5.74, 6) is -0.228. The van der Waals surface area contributed by atoms with Crippen LogP contribution in [0.4, 0.5) is 5.69 Å². The molecule has 1 heterocycles. The van der Waals surface area contributed by atoms with Crippen LogP contribution in [0.25, 0.3) is 0 Å². The lowest BCUT2D eigenvalue weighted by molar-refractivity contribution is -0.117. The van der Waals surface area contributed by atoms with E-state index >= 15 is 0 Å². The Morgan fingerprint density at radius 1 is 1.50 bits per heavy atom. The van der Waals surface area contributed by atoms with Gasteiger partial charge in [-0.2, -0.15) is 0 Å². The van der Waals surface area contributed by atoms with Crippen molar-refractivity contribution in [1.29, 1.82) is 0 Å². The maximum atomic E-state index is 10.7. The average molecular weight is 190 g/mol. The minimum absolute atomic E-state index is 0.228. The molecule has 1 aliphatic heterocycles. The van der Waals surface area contributed by atoms with Crippen LogP contribution in [0.5, 0.6) is 0 Å². The van der Waals surface area contributed by atoms with Crippen LogP contribution < -0.4 is 11.1 Å². The highest BCUT2D eigenvalue weighted by Crippen LogP contribution is 2.26. The lowest BCUT2D eigenvalue weighted by Crippen LogP contribution is -2.11. The van der Waals surface area contributed by atoms with Crippen LogP contribution >= 0.6 is 0 Å². The van der Waals surface area contributed by atoms with Gasteiger partial charge in [0.05, 0.1) is 0 Å². The molecular formula is C11H14N2O. The molecule has 0 aliphatic carbocycles. The Morgan fingerprint density at radius 2 is 2.36 bits per heavy atom. The number of fused-ring (bicyclic) bond motifs is 1. The van der Waals surface area contributed by atoms with Crippen LogP contribution in [-0.4, -0.2) is 12.5 Å². The van der Waals surface area contributed by atoms with E-state index in [1.807, 2.05) is 6.07 Å². The van der Waals surface area contributed by atoms with Crippen molar-refractivity contribution < 1.29 is 4.79 Å². The quantitative estimate of drug-likeness (QED) is 0.749. The summed E-state index contributed by atoms with van der Waals surface area (Å²) < 4.78 is 0. The minimum Gasteiger partial charge on any atom is -0.384 e. The molecule has 0 spiro atoms. The van der Waals surface area contributed by atoms with E-state index in [1.165, 1.54) is 16.8 Å². The highest BCUT2D eigenvalue weighted by molar-refractivity contribution is 5.74. The van der Waals surface area contributed by atoms with E-state index in [0.717, 1.165) is 19.4 Å². The van der Waals surface area contributed by atoms with Gasteiger partial charge in [0.2, 0.25) is 5.91 Å². The van der Waals surface area contributed by atoms with E-state index in [9.17, 15) is 4.79 Å². The molecule has 1 aliphatic rings. The number of carbonyl (C=O) groups excluding carboxylic acids is 1. The third kappa shape index (κ3) is 1.71. The molecule has 0 atom stereocenters. The number of primary amides is 1. The highest BCUT2D eigenvalue weighted by atomic mass is 16.1. The molecule has 3 nitrogen and oxygen atoms in total. The summed E-state index contributed by atoms with van der Waals surface area (Å²) in [6, 6.07) is 6.18. The van der Waals surface area contributed by atoms with Crippen LogP contribution in [0.3, 0.4) is 0 Å². The second-order valence-corrected chi connectivity index (χ2v) is 3.59. The Morgan fingerprint density at radius 3 is 3.14 bits per heavy atom. The molecule has 0 saturated carbocycles. The Kier molecular flexibility index (Phi) is 2.39. The van der Waals surface area contributed by atoms with Gasteiger partial charge in [-0.1, -0.05) is 12.1 Å². The molecular weight excluding hydrogens is 176 g/mol. The topological polar surface area (TPSA) is 55.1 Å². The van der Waals surface area contributed by atoms with Crippen molar-refractivity contribution in [3.05, 3.63) is 29.3 Å². The number of nitrogens with two attached hydrogens (primary N) is 1. The zero-order chi connectivity index (χ0) is 9.97. The van der Waals surface area contributed by atoms with E-state index in [4.69, 9.17) is 5.73 Å². The molecule has 3 N–H and O–H groups in total. The van der Waals surface area contributed by atoms with Crippen molar-refractivity contribution in [3.63, 3.8) is 0 Å². The first kappa shape index (κ1) is 9.06. The van der Waals surface area contributed by atoms with Crippen molar-refractivity contribution in [2.24, 2.45) is 5.73 Å². The molecule has 1 aromatic carbocycles. The summed E-state index contributed by atoms with van der Waals surface area (Å²) in [4.78, 5) is 10.7. The number of rotatable bonds is 3. The number of carbonyl (C=O) groups is 1. The van der Waals surface area contributed by atoms with Crippen LogP contribution in [0, 0.1) is 0 Å². The predicted octanol–water partition coefficient (Wildman–Crippen LogP) is 1.07. The van der Waals surface area contributed by atoms with Crippen LogP contribution in [-0.2, 0) is 17.6 Å². The number of amides is 1. The van der Waals surface area contributed by atoms with Gasteiger partial charge in [-0.25, -0.2) is 0 Å². The maximum Gasteiger partial charge on any atom is 0.217 e. The van der Waals surface area contributed by atoms with Crippen molar-refractivity contribution in [2.45, 2.75) is 19.3 Å². The Labute approximate surface area is 83.3 Å². The number of benzene rings is 1.